The van der Waals surface area contributed by atoms with E-state index in [9.17, 15) is 0 Å². The third-order valence-corrected chi connectivity index (χ3v) is 4.35. The highest BCUT2D eigenvalue weighted by atomic mass is 35.5. The molecule has 2 aromatic rings. The summed E-state index contributed by atoms with van der Waals surface area (Å²) in [5, 5.41) is 3.89. The van der Waals surface area contributed by atoms with Crippen LogP contribution in [0.2, 0.25) is 5.15 Å². The van der Waals surface area contributed by atoms with Gasteiger partial charge in [-0.3, -0.25) is 0 Å². The van der Waals surface area contributed by atoms with Crippen molar-refractivity contribution in [1.82, 2.24) is 9.97 Å². The summed E-state index contributed by atoms with van der Waals surface area (Å²) in [6.07, 6.45) is 0. The smallest absolute Gasteiger partial charge is 0.137 e. The lowest BCUT2D eigenvalue weighted by Crippen LogP contribution is -2.18. The zero-order chi connectivity index (χ0) is 14.9. The van der Waals surface area contributed by atoms with Crippen LogP contribution in [0.3, 0.4) is 0 Å². The number of aryl methyl sites for hydroxylation is 1. The normalized spacial score (nSPS) is 11.7. The first-order chi connectivity index (χ1) is 9.27. The summed E-state index contributed by atoms with van der Waals surface area (Å²) in [6.45, 7) is 11.1. The number of nitrogens with zero attached hydrogens (tertiary/aromatic N) is 2. The number of hydrogen-bond donors (Lipinski definition) is 1. The van der Waals surface area contributed by atoms with E-state index in [4.69, 9.17) is 11.6 Å². The van der Waals surface area contributed by atoms with Gasteiger partial charge in [-0.05, 0) is 26.0 Å². The quantitative estimate of drug-likeness (QED) is 0.834. The zero-order valence-electron chi connectivity index (χ0n) is 12.5. The van der Waals surface area contributed by atoms with Gasteiger partial charge in [-0.1, -0.05) is 32.4 Å². The average molecular weight is 310 g/mol. The van der Waals surface area contributed by atoms with E-state index in [0.717, 1.165) is 23.8 Å². The number of anilines is 1. The van der Waals surface area contributed by atoms with Crippen molar-refractivity contribution in [2.45, 2.75) is 46.6 Å². The van der Waals surface area contributed by atoms with Crippen molar-refractivity contribution in [3.8, 4) is 0 Å². The summed E-state index contributed by atoms with van der Waals surface area (Å²) in [5.41, 5.74) is 0.778. The highest BCUT2D eigenvalue weighted by Crippen LogP contribution is 2.26. The molecule has 1 N–H and O–H groups in total. The van der Waals surface area contributed by atoms with Crippen molar-refractivity contribution in [3.63, 3.8) is 0 Å². The van der Waals surface area contributed by atoms with E-state index in [1.54, 1.807) is 11.3 Å². The molecule has 0 aromatic carbocycles. The van der Waals surface area contributed by atoms with Gasteiger partial charge in [0.15, 0.2) is 0 Å². The van der Waals surface area contributed by atoms with Crippen LogP contribution in [-0.2, 0) is 12.0 Å². The van der Waals surface area contributed by atoms with Gasteiger partial charge in [0.1, 0.15) is 16.8 Å². The fraction of sp³-hybridized carbons (Fsp3) is 0.467. The summed E-state index contributed by atoms with van der Waals surface area (Å²) in [6, 6.07) is 4.26. The summed E-state index contributed by atoms with van der Waals surface area (Å²) < 4.78 is 0. The maximum Gasteiger partial charge on any atom is 0.137 e. The van der Waals surface area contributed by atoms with Crippen LogP contribution in [0.4, 0.5) is 5.82 Å². The standard InChI is InChI=1S/C15H20ClN3S/c1-9-6-7-11(20-9)8-17-13-10(2)12(16)18-14(19-13)15(3,4)5/h6-7H,8H2,1-5H3,(H,17,18,19). The molecule has 0 aliphatic carbocycles. The maximum absolute atomic E-state index is 6.22. The first-order valence-corrected chi connectivity index (χ1v) is 7.80. The number of thiophene rings is 1. The largest absolute Gasteiger partial charge is 0.365 e. The zero-order valence-corrected chi connectivity index (χ0v) is 14.1. The first kappa shape index (κ1) is 15.3. The van der Waals surface area contributed by atoms with Crippen LogP contribution in [0.15, 0.2) is 12.1 Å². The molecule has 2 heterocycles. The Morgan fingerprint density at radius 2 is 1.90 bits per heavy atom. The summed E-state index contributed by atoms with van der Waals surface area (Å²) in [5.74, 6) is 1.58. The molecule has 5 heteroatoms. The topological polar surface area (TPSA) is 37.8 Å². The minimum Gasteiger partial charge on any atom is -0.365 e. The second kappa shape index (κ2) is 5.70. The predicted molar refractivity (Wildman–Crippen MR) is 86.9 cm³/mol. The Bertz CT molecular complexity index is 614. The van der Waals surface area contributed by atoms with E-state index in [1.807, 2.05) is 6.92 Å². The van der Waals surface area contributed by atoms with Gasteiger partial charge in [0.2, 0.25) is 0 Å². The Morgan fingerprint density at radius 3 is 2.45 bits per heavy atom. The highest BCUT2D eigenvalue weighted by molar-refractivity contribution is 7.11. The van der Waals surface area contributed by atoms with Crippen molar-refractivity contribution in [2.24, 2.45) is 0 Å². The van der Waals surface area contributed by atoms with Crippen molar-refractivity contribution in [3.05, 3.63) is 38.4 Å². The molecular formula is C15H20ClN3S. The molecule has 0 atom stereocenters. The fourth-order valence-electron chi connectivity index (χ4n) is 1.75. The number of nitrogens with one attached hydrogen (secondary N) is 1. The van der Waals surface area contributed by atoms with Crippen LogP contribution < -0.4 is 5.32 Å². The molecule has 0 saturated carbocycles. The van der Waals surface area contributed by atoms with E-state index in [2.05, 4.69) is 55.1 Å². The Labute approximate surface area is 129 Å². The van der Waals surface area contributed by atoms with Gasteiger partial charge in [0.05, 0.1) is 6.54 Å². The first-order valence-electron chi connectivity index (χ1n) is 6.61. The summed E-state index contributed by atoms with van der Waals surface area (Å²) in [4.78, 5) is 11.6. The molecule has 108 valence electrons. The van der Waals surface area contributed by atoms with E-state index >= 15 is 0 Å². The summed E-state index contributed by atoms with van der Waals surface area (Å²) in [7, 11) is 0. The molecular weight excluding hydrogens is 290 g/mol. The second-order valence-electron chi connectivity index (χ2n) is 5.93. The molecule has 3 nitrogen and oxygen atoms in total. The SMILES string of the molecule is Cc1ccc(CNc2nc(C(C)(C)C)nc(Cl)c2C)s1. The average Bonchev–Trinajstić information content (AvgIpc) is 2.75. The molecule has 20 heavy (non-hydrogen) atoms. The molecule has 0 radical (unpaired) electrons. The molecule has 0 spiro atoms. The van der Waals surface area contributed by atoms with Crippen molar-refractivity contribution in [2.75, 3.05) is 5.32 Å². The van der Waals surface area contributed by atoms with Crippen molar-refractivity contribution >= 4 is 28.8 Å². The number of rotatable bonds is 3. The van der Waals surface area contributed by atoms with Crippen LogP contribution in [0, 0.1) is 13.8 Å². The van der Waals surface area contributed by atoms with Crippen molar-refractivity contribution in [1.29, 1.82) is 0 Å². The fourth-order valence-corrected chi connectivity index (χ4v) is 2.75. The Hall–Kier alpha value is -1.13. The minimum absolute atomic E-state index is 0.118. The van der Waals surface area contributed by atoms with Gasteiger partial charge < -0.3 is 5.32 Å². The van der Waals surface area contributed by atoms with E-state index < -0.39 is 0 Å². The van der Waals surface area contributed by atoms with Crippen molar-refractivity contribution < 1.29 is 0 Å². The number of halogens is 1. The Balaban J connectivity index is 2.24. The van der Waals surface area contributed by atoms with Crippen LogP contribution in [0.1, 0.15) is 41.9 Å². The van der Waals surface area contributed by atoms with Crippen LogP contribution in [-0.4, -0.2) is 9.97 Å². The van der Waals surface area contributed by atoms with Crippen LogP contribution in [0.25, 0.3) is 0 Å². The lowest BCUT2D eigenvalue weighted by atomic mass is 9.95. The lowest BCUT2D eigenvalue weighted by Gasteiger charge is -2.19. The molecule has 0 amide bonds. The molecule has 0 bridgehead atoms. The molecule has 0 aliphatic heterocycles. The maximum atomic E-state index is 6.22. The Kier molecular flexibility index (Phi) is 4.35. The van der Waals surface area contributed by atoms with Crippen LogP contribution >= 0.6 is 22.9 Å². The van der Waals surface area contributed by atoms with E-state index in [1.165, 1.54) is 9.75 Å². The van der Waals surface area contributed by atoms with Gasteiger partial charge in [-0.25, -0.2) is 9.97 Å². The monoisotopic (exact) mass is 309 g/mol. The number of hydrogen-bond acceptors (Lipinski definition) is 4. The molecule has 2 rings (SSSR count). The minimum atomic E-state index is -0.118. The molecule has 2 aromatic heterocycles. The van der Waals surface area contributed by atoms with Crippen LogP contribution in [0.5, 0.6) is 0 Å². The van der Waals surface area contributed by atoms with Gasteiger partial charge >= 0.3 is 0 Å². The van der Waals surface area contributed by atoms with E-state index in [-0.39, 0.29) is 5.41 Å². The molecule has 0 fully saturated rings. The van der Waals surface area contributed by atoms with E-state index in [0.29, 0.717) is 5.15 Å². The molecule has 0 saturated heterocycles. The van der Waals surface area contributed by atoms with Gasteiger partial charge in [-0.2, -0.15) is 0 Å². The predicted octanol–water partition coefficient (Wildman–Crippen LogP) is 4.72. The highest BCUT2D eigenvalue weighted by Gasteiger charge is 2.20. The van der Waals surface area contributed by atoms with Gasteiger partial charge in [0.25, 0.3) is 0 Å². The Morgan fingerprint density at radius 1 is 1.20 bits per heavy atom. The summed E-state index contributed by atoms with van der Waals surface area (Å²) >= 11 is 8.01. The molecule has 0 unspecified atom stereocenters. The van der Waals surface area contributed by atoms with Gasteiger partial charge in [0, 0.05) is 20.7 Å². The second-order valence-corrected chi connectivity index (χ2v) is 7.66. The molecule has 0 aliphatic rings. The van der Waals surface area contributed by atoms with Gasteiger partial charge in [-0.15, -0.1) is 11.3 Å². The lowest BCUT2D eigenvalue weighted by molar-refractivity contribution is 0.545. The third kappa shape index (κ3) is 3.49. The third-order valence-electron chi connectivity index (χ3n) is 2.98. The number of aromatic nitrogens is 2.